The molecule has 19 heavy (non-hydrogen) atoms. The fourth-order valence-corrected chi connectivity index (χ4v) is 3.02. The molecule has 0 spiro atoms. The molecule has 2 aliphatic rings. The van der Waals surface area contributed by atoms with Crippen molar-refractivity contribution < 1.29 is 9.53 Å². The van der Waals surface area contributed by atoms with E-state index in [0.29, 0.717) is 11.9 Å². The molecule has 0 aliphatic carbocycles. The average molecular weight is 269 g/mol. The van der Waals surface area contributed by atoms with Crippen molar-refractivity contribution in [1.29, 1.82) is 0 Å². The quantitative estimate of drug-likeness (QED) is 0.798. The van der Waals surface area contributed by atoms with Crippen LogP contribution >= 0.6 is 0 Å². The molecule has 5 heteroatoms. The van der Waals surface area contributed by atoms with Crippen LogP contribution < -0.4 is 5.32 Å². The van der Waals surface area contributed by atoms with Gasteiger partial charge in [-0.2, -0.15) is 0 Å². The first kappa shape index (κ1) is 14.8. The maximum atomic E-state index is 12.4. The highest BCUT2D eigenvalue weighted by molar-refractivity contribution is 5.82. The first-order valence-corrected chi connectivity index (χ1v) is 7.47. The summed E-state index contributed by atoms with van der Waals surface area (Å²) >= 11 is 0. The van der Waals surface area contributed by atoms with Crippen LogP contribution in [-0.2, 0) is 9.53 Å². The maximum Gasteiger partial charge on any atom is 0.239 e. The molecule has 2 aliphatic heterocycles. The Morgan fingerprint density at radius 2 is 2.21 bits per heavy atom. The molecular weight excluding hydrogens is 242 g/mol. The van der Waals surface area contributed by atoms with Gasteiger partial charge in [0, 0.05) is 39.3 Å². The van der Waals surface area contributed by atoms with E-state index in [1.165, 1.54) is 12.8 Å². The lowest BCUT2D eigenvalue weighted by Crippen LogP contribution is -2.58. The minimum atomic E-state index is 0.0616. The molecule has 0 aromatic heterocycles. The molecule has 2 fully saturated rings. The summed E-state index contributed by atoms with van der Waals surface area (Å²) in [6.45, 7) is 7.57. The lowest BCUT2D eigenvalue weighted by molar-refractivity contribution is -0.137. The number of piperazine rings is 1. The highest BCUT2D eigenvalue weighted by atomic mass is 16.5. The molecule has 2 heterocycles. The van der Waals surface area contributed by atoms with Gasteiger partial charge in [0.2, 0.25) is 5.91 Å². The number of hydrogen-bond donors (Lipinski definition) is 1. The molecule has 0 saturated carbocycles. The normalized spacial score (nSPS) is 29.5. The van der Waals surface area contributed by atoms with Crippen LogP contribution in [0.15, 0.2) is 0 Å². The van der Waals surface area contributed by atoms with Crippen LogP contribution in [0.4, 0.5) is 0 Å². The number of carbonyl (C=O) groups excluding carboxylic acids is 1. The molecule has 5 nitrogen and oxygen atoms in total. The molecule has 2 rings (SSSR count). The van der Waals surface area contributed by atoms with Crippen molar-refractivity contribution in [3.05, 3.63) is 0 Å². The molecular formula is C14H27N3O2. The van der Waals surface area contributed by atoms with Crippen LogP contribution in [0.1, 0.15) is 26.2 Å². The number of rotatable bonds is 4. The van der Waals surface area contributed by atoms with Gasteiger partial charge in [-0.15, -0.1) is 0 Å². The lowest BCUT2D eigenvalue weighted by atomic mass is 10.0. The van der Waals surface area contributed by atoms with Crippen LogP contribution in [0, 0.1) is 0 Å². The smallest absolute Gasteiger partial charge is 0.239 e. The molecule has 1 amide bonds. The van der Waals surface area contributed by atoms with E-state index in [4.69, 9.17) is 4.74 Å². The standard InChI is InChI=1S/C14H27N3O2/c1-12-11-17(8-7-16(12)9-10-19-2)14(18)13-5-3-4-6-15-13/h12-13,15H,3-11H2,1-2H3/t12?,13-/m1/s1. The summed E-state index contributed by atoms with van der Waals surface area (Å²) in [5, 5.41) is 3.35. The van der Waals surface area contributed by atoms with Gasteiger partial charge in [0.05, 0.1) is 12.6 Å². The number of hydrogen-bond acceptors (Lipinski definition) is 4. The number of piperidine rings is 1. The molecule has 0 bridgehead atoms. The highest BCUT2D eigenvalue weighted by Crippen LogP contribution is 2.14. The van der Waals surface area contributed by atoms with Crippen molar-refractivity contribution in [2.24, 2.45) is 0 Å². The summed E-state index contributed by atoms with van der Waals surface area (Å²) in [7, 11) is 1.74. The van der Waals surface area contributed by atoms with E-state index in [-0.39, 0.29) is 6.04 Å². The van der Waals surface area contributed by atoms with Gasteiger partial charge in [-0.1, -0.05) is 6.42 Å². The van der Waals surface area contributed by atoms with Crippen molar-refractivity contribution in [2.75, 3.05) is 46.4 Å². The number of methoxy groups -OCH3 is 1. The predicted octanol–water partition coefficient (Wildman–Crippen LogP) is 0.308. The Morgan fingerprint density at radius 1 is 1.37 bits per heavy atom. The summed E-state index contributed by atoms with van der Waals surface area (Å²) in [4.78, 5) is 16.9. The number of ether oxygens (including phenoxy) is 1. The van der Waals surface area contributed by atoms with Crippen LogP contribution in [0.5, 0.6) is 0 Å². The summed E-state index contributed by atoms with van der Waals surface area (Å²) < 4.78 is 5.13. The molecule has 0 aromatic rings. The topological polar surface area (TPSA) is 44.8 Å². The molecule has 2 atom stereocenters. The predicted molar refractivity (Wildman–Crippen MR) is 75.1 cm³/mol. The highest BCUT2D eigenvalue weighted by Gasteiger charge is 2.30. The summed E-state index contributed by atoms with van der Waals surface area (Å²) in [5.74, 6) is 0.304. The van der Waals surface area contributed by atoms with E-state index in [1.807, 2.05) is 4.90 Å². The average Bonchev–Trinajstić information content (AvgIpc) is 2.46. The van der Waals surface area contributed by atoms with Crippen LogP contribution in [0.25, 0.3) is 0 Å². The van der Waals surface area contributed by atoms with E-state index in [9.17, 15) is 4.79 Å². The van der Waals surface area contributed by atoms with Gasteiger partial charge < -0.3 is 15.0 Å². The van der Waals surface area contributed by atoms with Gasteiger partial charge in [0.25, 0.3) is 0 Å². The number of nitrogens with one attached hydrogen (secondary N) is 1. The van der Waals surface area contributed by atoms with Crippen LogP contribution in [0.2, 0.25) is 0 Å². The SMILES string of the molecule is COCCN1CCN(C(=O)[C@H]2CCCCN2)CC1C. The molecule has 1 N–H and O–H groups in total. The van der Waals surface area contributed by atoms with Crippen molar-refractivity contribution in [3.8, 4) is 0 Å². The van der Waals surface area contributed by atoms with E-state index in [2.05, 4.69) is 17.1 Å². The van der Waals surface area contributed by atoms with Gasteiger partial charge in [-0.25, -0.2) is 0 Å². The fraction of sp³-hybridized carbons (Fsp3) is 0.929. The first-order valence-electron chi connectivity index (χ1n) is 7.47. The summed E-state index contributed by atoms with van der Waals surface area (Å²) in [6, 6.07) is 0.489. The fourth-order valence-electron chi connectivity index (χ4n) is 3.02. The van der Waals surface area contributed by atoms with E-state index in [0.717, 1.165) is 45.8 Å². The number of amides is 1. The zero-order valence-electron chi connectivity index (χ0n) is 12.2. The third-order valence-electron chi connectivity index (χ3n) is 4.27. The minimum absolute atomic E-state index is 0.0616. The third kappa shape index (κ3) is 3.91. The number of nitrogens with zero attached hydrogens (tertiary/aromatic N) is 2. The Bertz CT molecular complexity index is 292. The second-order valence-corrected chi connectivity index (χ2v) is 5.66. The lowest BCUT2D eigenvalue weighted by Gasteiger charge is -2.41. The van der Waals surface area contributed by atoms with Gasteiger partial charge >= 0.3 is 0 Å². The zero-order valence-corrected chi connectivity index (χ0v) is 12.2. The summed E-state index contributed by atoms with van der Waals surface area (Å²) in [6.07, 6.45) is 3.37. The van der Waals surface area contributed by atoms with Gasteiger partial charge in [0.15, 0.2) is 0 Å². The Hall–Kier alpha value is -0.650. The molecule has 0 radical (unpaired) electrons. The Labute approximate surface area is 116 Å². The van der Waals surface area contributed by atoms with Crippen molar-refractivity contribution in [2.45, 2.75) is 38.3 Å². The second kappa shape index (κ2) is 7.22. The first-order chi connectivity index (χ1) is 9.22. The minimum Gasteiger partial charge on any atom is -0.383 e. The monoisotopic (exact) mass is 269 g/mol. The number of carbonyl (C=O) groups is 1. The molecule has 0 aromatic carbocycles. The molecule has 1 unspecified atom stereocenters. The Balaban J connectivity index is 1.81. The van der Waals surface area contributed by atoms with E-state index in [1.54, 1.807) is 7.11 Å². The maximum absolute atomic E-state index is 12.4. The zero-order chi connectivity index (χ0) is 13.7. The molecule has 2 saturated heterocycles. The second-order valence-electron chi connectivity index (χ2n) is 5.66. The van der Waals surface area contributed by atoms with Crippen LogP contribution in [-0.4, -0.2) is 74.2 Å². The molecule has 110 valence electrons. The van der Waals surface area contributed by atoms with Gasteiger partial charge in [-0.3, -0.25) is 9.69 Å². The van der Waals surface area contributed by atoms with E-state index >= 15 is 0 Å². The van der Waals surface area contributed by atoms with Crippen molar-refractivity contribution in [1.82, 2.24) is 15.1 Å². The van der Waals surface area contributed by atoms with Crippen molar-refractivity contribution >= 4 is 5.91 Å². The van der Waals surface area contributed by atoms with Crippen LogP contribution in [0.3, 0.4) is 0 Å². The van der Waals surface area contributed by atoms with E-state index < -0.39 is 0 Å². The third-order valence-corrected chi connectivity index (χ3v) is 4.27. The van der Waals surface area contributed by atoms with Gasteiger partial charge in [-0.05, 0) is 26.3 Å². The Kier molecular flexibility index (Phi) is 5.60. The largest absolute Gasteiger partial charge is 0.383 e. The Morgan fingerprint density at radius 3 is 2.84 bits per heavy atom. The van der Waals surface area contributed by atoms with Crippen molar-refractivity contribution in [3.63, 3.8) is 0 Å². The van der Waals surface area contributed by atoms with Gasteiger partial charge in [0.1, 0.15) is 0 Å². The summed E-state index contributed by atoms with van der Waals surface area (Å²) in [5.41, 5.74) is 0.